The van der Waals surface area contributed by atoms with Crippen molar-refractivity contribution in [1.29, 1.82) is 0 Å². The van der Waals surface area contributed by atoms with Crippen LogP contribution in [0.1, 0.15) is 53.8 Å². The van der Waals surface area contributed by atoms with Crippen LogP contribution in [0, 0.1) is 6.92 Å². The number of aromatic nitrogens is 1. The highest BCUT2D eigenvalue weighted by Crippen LogP contribution is 2.41. The fourth-order valence-corrected chi connectivity index (χ4v) is 4.29. The van der Waals surface area contributed by atoms with Crippen LogP contribution in [0.2, 0.25) is 0 Å². The number of methoxy groups -OCH3 is 1. The van der Waals surface area contributed by atoms with E-state index in [1.54, 1.807) is 37.6 Å². The number of hydrogen-bond donors (Lipinski definition) is 1. The van der Waals surface area contributed by atoms with Crippen LogP contribution < -0.4 is 4.74 Å². The van der Waals surface area contributed by atoms with Gasteiger partial charge in [-0.3, -0.25) is 14.6 Å². The van der Waals surface area contributed by atoms with Crippen LogP contribution in [0.15, 0.2) is 72.4 Å². The van der Waals surface area contributed by atoms with E-state index in [-0.39, 0.29) is 17.9 Å². The van der Waals surface area contributed by atoms with Crippen LogP contribution in [-0.4, -0.2) is 33.8 Å². The van der Waals surface area contributed by atoms with Crippen molar-refractivity contribution in [2.24, 2.45) is 0 Å². The number of aliphatic hydroxyl groups excluding tert-OH is 1. The van der Waals surface area contributed by atoms with Crippen LogP contribution in [0.3, 0.4) is 0 Å². The minimum Gasteiger partial charge on any atom is -0.507 e. The minimum atomic E-state index is -0.732. The van der Waals surface area contributed by atoms with Gasteiger partial charge in [0.25, 0.3) is 11.7 Å². The standard InChI is InChI=1S/C28H28N2O4/c1-17(2)19-8-10-20(11-9-19)25-24(26(31)23-13-12-22(34-4)15-18(23)3)27(32)28(33)30(25)16-21-7-5-6-14-29-21/h5-15,17,25,31H,16H2,1-4H3/b26-24-. The van der Waals surface area contributed by atoms with Gasteiger partial charge in [0.1, 0.15) is 11.5 Å². The van der Waals surface area contributed by atoms with Gasteiger partial charge in [0, 0.05) is 11.8 Å². The SMILES string of the molecule is COc1ccc(/C(O)=C2/C(=O)C(=O)N(Cc3ccccn3)C2c2ccc(C(C)C)cc2)c(C)c1. The third-order valence-electron chi connectivity index (χ3n) is 6.21. The van der Waals surface area contributed by atoms with E-state index in [2.05, 4.69) is 18.8 Å². The molecule has 1 N–H and O–H groups in total. The number of likely N-dealkylation sites (tertiary alicyclic amines) is 1. The van der Waals surface area contributed by atoms with Crippen molar-refractivity contribution < 1.29 is 19.4 Å². The van der Waals surface area contributed by atoms with Crippen molar-refractivity contribution >= 4 is 17.4 Å². The molecule has 2 heterocycles. The summed E-state index contributed by atoms with van der Waals surface area (Å²) in [5, 5.41) is 11.3. The summed E-state index contributed by atoms with van der Waals surface area (Å²) in [6.07, 6.45) is 1.65. The molecule has 0 radical (unpaired) electrons. The molecule has 2 aromatic carbocycles. The van der Waals surface area contributed by atoms with Crippen LogP contribution in [0.5, 0.6) is 5.75 Å². The molecule has 1 aliphatic heterocycles. The second-order valence-electron chi connectivity index (χ2n) is 8.75. The summed E-state index contributed by atoms with van der Waals surface area (Å²) >= 11 is 0. The number of aliphatic hydroxyl groups is 1. The predicted octanol–water partition coefficient (Wildman–Crippen LogP) is 5.14. The Kier molecular flexibility index (Phi) is 6.50. The Morgan fingerprint density at radius 2 is 1.82 bits per heavy atom. The van der Waals surface area contributed by atoms with Gasteiger partial charge >= 0.3 is 0 Å². The van der Waals surface area contributed by atoms with Crippen LogP contribution >= 0.6 is 0 Å². The van der Waals surface area contributed by atoms with Crippen LogP contribution in [-0.2, 0) is 16.1 Å². The summed E-state index contributed by atoms with van der Waals surface area (Å²) in [5.41, 5.74) is 3.87. The number of pyridine rings is 1. The molecule has 0 saturated carbocycles. The fourth-order valence-electron chi connectivity index (χ4n) is 4.29. The molecule has 1 atom stereocenters. The molecule has 6 nitrogen and oxygen atoms in total. The molecule has 1 amide bonds. The third kappa shape index (κ3) is 4.31. The van der Waals surface area contributed by atoms with E-state index >= 15 is 0 Å². The van der Waals surface area contributed by atoms with Gasteiger partial charge in [0.2, 0.25) is 0 Å². The Bertz CT molecular complexity index is 1250. The van der Waals surface area contributed by atoms with Crippen molar-refractivity contribution in [3.63, 3.8) is 0 Å². The van der Waals surface area contributed by atoms with E-state index < -0.39 is 17.7 Å². The maximum absolute atomic E-state index is 13.3. The summed E-state index contributed by atoms with van der Waals surface area (Å²) < 4.78 is 5.26. The number of aryl methyl sites for hydroxylation is 1. The van der Waals surface area contributed by atoms with E-state index in [0.29, 0.717) is 22.9 Å². The summed E-state index contributed by atoms with van der Waals surface area (Å²) in [5.74, 6) is -0.570. The fraction of sp³-hybridized carbons (Fsp3) is 0.250. The topological polar surface area (TPSA) is 79.7 Å². The molecule has 6 heteroatoms. The van der Waals surface area contributed by atoms with E-state index in [0.717, 1.165) is 16.7 Å². The number of benzene rings is 2. The number of Topliss-reactive ketones (excluding diaryl/α,β-unsaturated/α-hetero) is 1. The minimum absolute atomic E-state index is 0.0755. The Labute approximate surface area is 199 Å². The van der Waals surface area contributed by atoms with Crippen molar-refractivity contribution in [2.45, 2.75) is 39.3 Å². The Morgan fingerprint density at radius 1 is 1.09 bits per heavy atom. The molecule has 174 valence electrons. The highest BCUT2D eigenvalue weighted by atomic mass is 16.5. The molecule has 1 aliphatic rings. The number of ether oxygens (including phenoxy) is 1. The second kappa shape index (κ2) is 9.51. The van der Waals surface area contributed by atoms with Gasteiger partial charge in [-0.05, 0) is 59.9 Å². The highest BCUT2D eigenvalue weighted by molar-refractivity contribution is 6.46. The molecule has 3 aromatic rings. The zero-order valence-electron chi connectivity index (χ0n) is 19.8. The number of nitrogens with zero attached hydrogens (tertiary/aromatic N) is 2. The van der Waals surface area contributed by atoms with Crippen molar-refractivity contribution in [2.75, 3.05) is 7.11 Å². The average molecular weight is 457 g/mol. The first-order valence-electron chi connectivity index (χ1n) is 11.2. The summed E-state index contributed by atoms with van der Waals surface area (Å²) in [7, 11) is 1.57. The van der Waals surface area contributed by atoms with Gasteiger partial charge in [-0.2, -0.15) is 0 Å². The van der Waals surface area contributed by atoms with E-state index in [4.69, 9.17) is 4.74 Å². The molecule has 0 bridgehead atoms. The van der Waals surface area contributed by atoms with Crippen molar-refractivity contribution in [1.82, 2.24) is 9.88 Å². The normalized spacial score (nSPS) is 17.4. The molecule has 1 fully saturated rings. The number of carbonyl (C=O) groups excluding carboxylic acids is 2. The first kappa shape index (κ1) is 23.2. The quantitative estimate of drug-likeness (QED) is 0.315. The maximum atomic E-state index is 13.3. The van der Waals surface area contributed by atoms with E-state index in [1.165, 1.54) is 4.90 Å². The number of ketones is 1. The maximum Gasteiger partial charge on any atom is 0.296 e. The van der Waals surface area contributed by atoms with E-state index in [1.807, 2.05) is 43.3 Å². The Hall–Kier alpha value is -3.93. The average Bonchev–Trinajstić information content (AvgIpc) is 3.09. The van der Waals surface area contributed by atoms with Gasteiger partial charge < -0.3 is 14.7 Å². The molecule has 4 rings (SSSR count). The molecule has 1 aromatic heterocycles. The summed E-state index contributed by atoms with van der Waals surface area (Å²) in [4.78, 5) is 32.3. The van der Waals surface area contributed by atoms with Crippen molar-refractivity contribution in [3.05, 3.63) is 100 Å². The molecule has 34 heavy (non-hydrogen) atoms. The first-order chi connectivity index (χ1) is 16.3. The third-order valence-corrected chi connectivity index (χ3v) is 6.21. The van der Waals surface area contributed by atoms with Gasteiger partial charge in [0.15, 0.2) is 0 Å². The Morgan fingerprint density at radius 3 is 2.41 bits per heavy atom. The molecule has 0 spiro atoms. The summed E-state index contributed by atoms with van der Waals surface area (Å²) in [6.45, 7) is 6.19. The van der Waals surface area contributed by atoms with Crippen LogP contribution in [0.25, 0.3) is 5.76 Å². The first-order valence-corrected chi connectivity index (χ1v) is 11.2. The lowest BCUT2D eigenvalue weighted by molar-refractivity contribution is -0.140. The number of carbonyl (C=O) groups is 2. The zero-order valence-corrected chi connectivity index (χ0v) is 19.8. The van der Waals surface area contributed by atoms with Gasteiger partial charge in [0.05, 0.1) is 31.0 Å². The van der Waals surface area contributed by atoms with Gasteiger partial charge in [-0.25, -0.2) is 0 Å². The van der Waals surface area contributed by atoms with Gasteiger partial charge in [-0.1, -0.05) is 44.2 Å². The van der Waals surface area contributed by atoms with Crippen molar-refractivity contribution in [3.8, 4) is 5.75 Å². The lowest BCUT2D eigenvalue weighted by Crippen LogP contribution is -2.29. The molecule has 1 saturated heterocycles. The molecule has 0 aliphatic carbocycles. The molecule has 1 unspecified atom stereocenters. The van der Waals surface area contributed by atoms with Gasteiger partial charge in [-0.15, -0.1) is 0 Å². The van der Waals surface area contributed by atoms with Crippen LogP contribution in [0.4, 0.5) is 0 Å². The summed E-state index contributed by atoms with van der Waals surface area (Å²) in [6, 6.07) is 17.8. The lowest BCUT2D eigenvalue weighted by Gasteiger charge is -2.25. The zero-order chi connectivity index (χ0) is 24.4. The second-order valence-corrected chi connectivity index (χ2v) is 8.75. The monoisotopic (exact) mass is 456 g/mol. The highest BCUT2D eigenvalue weighted by Gasteiger charge is 2.46. The molecular formula is C28H28N2O4. The smallest absolute Gasteiger partial charge is 0.296 e. The lowest BCUT2D eigenvalue weighted by atomic mass is 9.92. The molecular weight excluding hydrogens is 428 g/mol. The number of rotatable bonds is 6. The van der Waals surface area contributed by atoms with E-state index in [9.17, 15) is 14.7 Å². The number of hydrogen-bond acceptors (Lipinski definition) is 5. The predicted molar refractivity (Wildman–Crippen MR) is 130 cm³/mol. The number of amides is 1. The Balaban J connectivity index is 1.87. The largest absolute Gasteiger partial charge is 0.507 e.